The Morgan fingerprint density at radius 2 is 2.11 bits per heavy atom. The maximum atomic E-state index is 12.3. The zero-order valence-corrected chi connectivity index (χ0v) is 15.6. The van der Waals surface area contributed by atoms with Gasteiger partial charge in [-0.15, -0.1) is 0 Å². The Bertz CT molecular complexity index is 1010. The van der Waals surface area contributed by atoms with Crippen LogP contribution in [-0.4, -0.2) is 33.4 Å². The first-order valence-electron chi connectivity index (χ1n) is 8.79. The summed E-state index contributed by atoms with van der Waals surface area (Å²) >= 11 is 0. The van der Waals surface area contributed by atoms with Gasteiger partial charge in [0.15, 0.2) is 11.5 Å². The summed E-state index contributed by atoms with van der Waals surface area (Å²) in [6.07, 6.45) is 1.49. The first-order valence-corrected chi connectivity index (χ1v) is 8.79. The van der Waals surface area contributed by atoms with Crippen LogP contribution < -0.4 is 10.2 Å². The fraction of sp³-hybridized carbons (Fsp3) is 0.250. The summed E-state index contributed by atoms with van der Waals surface area (Å²) < 4.78 is 7.42. The largest absolute Gasteiger partial charge is 0.504 e. The number of phenols is 1. The minimum atomic E-state index is -0.319. The number of nitrogens with zero attached hydrogens (tertiary/aromatic N) is 3. The Morgan fingerprint density at radius 3 is 2.85 bits per heavy atom. The van der Waals surface area contributed by atoms with E-state index >= 15 is 0 Å². The second-order valence-electron chi connectivity index (χ2n) is 5.97. The topological polar surface area (TPSA) is 88.7 Å². The molecule has 0 fully saturated rings. The number of aromatic nitrogens is 2. The molecule has 0 bridgehead atoms. The molecule has 27 heavy (non-hydrogen) atoms. The Kier molecular flexibility index (Phi) is 5.40. The first kappa shape index (κ1) is 18.4. The molecule has 1 amide bonds. The molecular formula is C20H22N4O3. The Morgan fingerprint density at radius 1 is 1.30 bits per heavy atom. The molecule has 3 rings (SSSR count). The van der Waals surface area contributed by atoms with Gasteiger partial charge >= 0.3 is 0 Å². The molecule has 0 atom stereocenters. The number of hydrogen-bond acceptors (Lipinski definition) is 5. The summed E-state index contributed by atoms with van der Waals surface area (Å²) in [6, 6.07) is 10.3. The van der Waals surface area contributed by atoms with Gasteiger partial charge < -0.3 is 14.4 Å². The SMILES string of the molecule is CCOc1cc(C=NNC(=O)c2ccc3c(c2)nc(C)n3CC)ccc1O. The minimum Gasteiger partial charge on any atom is -0.504 e. The van der Waals surface area contributed by atoms with Crippen molar-refractivity contribution in [1.82, 2.24) is 15.0 Å². The van der Waals surface area contributed by atoms with Crippen LogP contribution in [0.3, 0.4) is 0 Å². The van der Waals surface area contributed by atoms with Crippen molar-refractivity contribution >= 4 is 23.2 Å². The lowest BCUT2D eigenvalue weighted by atomic mass is 10.2. The molecule has 3 aromatic rings. The highest BCUT2D eigenvalue weighted by molar-refractivity contribution is 5.98. The number of benzene rings is 2. The molecule has 140 valence electrons. The van der Waals surface area contributed by atoms with Gasteiger partial charge in [0.1, 0.15) is 5.82 Å². The van der Waals surface area contributed by atoms with Gasteiger partial charge in [-0.1, -0.05) is 0 Å². The molecule has 0 saturated heterocycles. The van der Waals surface area contributed by atoms with Crippen molar-refractivity contribution in [3.05, 3.63) is 53.3 Å². The number of nitrogens with one attached hydrogen (secondary N) is 1. The van der Waals surface area contributed by atoms with Crippen LogP contribution in [0.5, 0.6) is 11.5 Å². The van der Waals surface area contributed by atoms with E-state index in [0.29, 0.717) is 23.5 Å². The zero-order valence-electron chi connectivity index (χ0n) is 15.6. The van der Waals surface area contributed by atoms with E-state index in [4.69, 9.17) is 4.74 Å². The molecule has 1 aromatic heterocycles. The lowest BCUT2D eigenvalue weighted by Gasteiger charge is -2.06. The average molecular weight is 366 g/mol. The number of amides is 1. The van der Waals surface area contributed by atoms with Crippen LogP contribution in [-0.2, 0) is 6.54 Å². The molecule has 2 aromatic carbocycles. The quantitative estimate of drug-likeness (QED) is 0.518. The maximum absolute atomic E-state index is 12.3. The molecule has 2 N–H and O–H groups in total. The van der Waals surface area contributed by atoms with Gasteiger partial charge in [0.25, 0.3) is 5.91 Å². The first-order chi connectivity index (χ1) is 13.0. The molecule has 0 aliphatic rings. The van der Waals surface area contributed by atoms with Crippen molar-refractivity contribution in [2.45, 2.75) is 27.3 Å². The highest BCUT2D eigenvalue weighted by Crippen LogP contribution is 2.26. The van der Waals surface area contributed by atoms with Crippen LogP contribution in [0.2, 0.25) is 0 Å². The fourth-order valence-electron chi connectivity index (χ4n) is 2.90. The van der Waals surface area contributed by atoms with Crippen LogP contribution in [0.1, 0.15) is 35.6 Å². The molecule has 0 saturated carbocycles. The van der Waals surface area contributed by atoms with Gasteiger partial charge in [-0.2, -0.15) is 5.10 Å². The van der Waals surface area contributed by atoms with E-state index in [1.807, 2.05) is 19.9 Å². The smallest absolute Gasteiger partial charge is 0.271 e. The minimum absolute atomic E-state index is 0.0631. The summed E-state index contributed by atoms with van der Waals surface area (Å²) in [5, 5.41) is 13.7. The summed E-state index contributed by atoms with van der Waals surface area (Å²) in [7, 11) is 0. The van der Waals surface area contributed by atoms with Crippen LogP contribution >= 0.6 is 0 Å². The third-order valence-corrected chi connectivity index (χ3v) is 4.18. The summed E-state index contributed by atoms with van der Waals surface area (Å²) in [5.41, 5.74) is 5.48. The lowest BCUT2D eigenvalue weighted by Crippen LogP contribution is -2.17. The van der Waals surface area contributed by atoms with Crippen molar-refractivity contribution in [3.8, 4) is 11.5 Å². The number of hydrazone groups is 1. The highest BCUT2D eigenvalue weighted by Gasteiger charge is 2.10. The number of hydrogen-bond donors (Lipinski definition) is 2. The molecular weight excluding hydrogens is 344 g/mol. The monoisotopic (exact) mass is 366 g/mol. The van der Waals surface area contributed by atoms with Gasteiger partial charge in [0.05, 0.1) is 23.9 Å². The standard InChI is InChI=1S/C20H22N4O3/c1-4-24-13(3)22-16-11-15(7-8-17(16)24)20(26)23-21-12-14-6-9-18(25)19(10-14)27-5-2/h6-12,25H,4-5H2,1-3H3,(H,23,26). The van der Waals surface area contributed by atoms with Gasteiger partial charge in [0.2, 0.25) is 0 Å². The fourth-order valence-corrected chi connectivity index (χ4v) is 2.90. The molecule has 0 unspecified atom stereocenters. The number of imidazole rings is 1. The van der Waals surface area contributed by atoms with Gasteiger partial charge in [-0.05, 0) is 62.7 Å². The number of rotatable bonds is 6. The Hall–Kier alpha value is -3.35. The number of aromatic hydroxyl groups is 1. The van der Waals surface area contributed by atoms with Gasteiger partial charge in [-0.3, -0.25) is 4.79 Å². The molecule has 1 heterocycles. The molecule has 7 nitrogen and oxygen atoms in total. The Labute approximate surface area is 157 Å². The van der Waals surface area contributed by atoms with Crippen LogP contribution in [0, 0.1) is 6.92 Å². The summed E-state index contributed by atoms with van der Waals surface area (Å²) in [4.78, 5) is 16.8. The van der Waals surface area contributed by atoms with E-state index < -0.39 is 0 Å². The van der Waals surface area contributed by atoms with Crippen LogP contribution in [0.4, 0.5) is 0 Å². The van der Waals surface area contributed by atoms with Crippen LogP contribution in [0.25, 0.3) is 11.0 Å². The second-order valence-corrected chi connectivity index (χ2v) is 5.97. The van der Waals surface area contributed by atoms with Crippen molar-refractivity contribution in [1.29, 1.82) is 0 Å². The zero-order chi connectivity index (χ0) is 19.4. The predicted octanol–water partition coefficient (Wildman–Crippen LogP) is 3.23. The van der Waals surface area contributed by atoms with Gasteiger partial charge in [-0.25, -0.2) is 10.4 Å². The van der Waals surface area contributed by atoms with E-state index in [-0.39, 0.29) is 11.7 Å². The number of fused-ring (bicyclic) bond motifs is 1. The number of ether oxygens (including phenoxy) is 1. The van der Waals surface area contributed by atoms with E-state index in [1.54, 1.807) is 24.3 Å². The second kappa shape index (κ2) is 7.90. The van der Waals surface area contributed by atoms with E-state index in [0.717, 1.165) is 23.4 Å². The lowest BCUT2D eigenvalue weighted by molar-refractivity contribution is 0.0955. The predicted molar refractivity (Wildman–Crippen MR) is 104 cm³/mol. The molecule has 0 spiro atoms. The van der Waals surface area contributed by atoms with E-state index in [9.17, 15) is 9.90 Å². The molecule has 0 aliphatic heterocycles. The third-order valence-electron chi connectivity index (χ3n) is 4.18. The number of aryl methyl sites for hydroxylation is 2. The van der Waals surface area contributed by atoms with Crippen molar-refractivity contribution < 1.29 is 14.6 Å². The van der Waals surface area contributed by atoms with E-state index in [1.165, 1.54) is 12.3 Å². The summed E-state index contributed by atoms with van der Waals surface area (Å²) in [5.74, 6) is 1.04. The molecule has 0 radical (unpaired) electrons. The summed E-state index contributed by atoms with van der Waals surface area (Å²) in [6.45, 7) is 7.11. The number of carbonyl (C=O) groups excluding carboxylic acids is 1. The van der Waals surface area contributed by atoms with E-state index in [2.05, 4.69) is 27.0 Å². The normalized spacial score (nSPS) is 11.2. The number of phenolic OH excluding ortho intramolecular Hbond substituents is 1. The number of carbonyl (C=O) groups is 1. The van der Waals surface area contributed by atoms with Crippen molar-refractivity contribution in [3.63, 3.8) is 0 Å². The maximum Gasteiger partial charge on any atom is 0.271 e. The van der Waals surface area contributed by atoms with Crippen molar-refractivity contribution in [2.24, 2.45) is 5.10 Å². The van der Waals surface area contributed by atoms with Crippen LogP contribution in [0.15, 0.2) is 41.5 Å². The molecule has 7 heteroatoms. The van der Waals surface area contributed by atoms with Gasteiger partial charge in [0, 0.05) is 12.1 Å². The molecule has 0 aliphatic carbocycles. The van der Waals surface area contributed by atoms with Crippen molar-refractivity contribution in [2.75, 3.05) is 6.61 Å². The average Bonchev–Trinajstić information content (AvgIpc) is 2.98. The highest BCUT2D eigenvalue weighted by atomic mass is 16.5. The third kappa shape index (κ3) is 3.92. The Balaban J connectivity index is 1.73.